The molecule has 2 rings (SSSR count). The molecule has 4 heteroatoms. The summed E-state index contributed by atoms with van der Waals surface area (Å²) in [4.78, 5) is 15.0. The van der Waals surface area contributed by atoms with Crippen LogP contribution in [-0.2, 0) is 17.8 Å². The minimum absolute atomic E-state index is 0.150. The first-order chi connectivity index (χ1) is 9.16. The van der Waals surface area contributed by atoms with Gasteiger partial charge in [-0.25, -0.2) is 0 Å². The molecule has 2 N–H and O–H groups in total. The predicted octanol–water partition coefficient (Wildman–Crippen LogP) is 2.92. The van der Waals surface area contributed by atoms with E-state index in [0.29, 0.717) is 19.4 Å². The third kappa shape index (κ3) is 3.83. The van der Waals surface area contributed by atoms with Crippen LogP contribution in [0.4, 0.5) is 5.69 Å². The van der Waals surface area contributed by atoms with Crippen LogP contribution >= 0.6 is 11.3 Å². The SMILES string of the molecule is CN(Cc1cccs1)C(=O)CCc1ccccc1N. The Hall–Kier alpha value is -1.81. The number of nitrogens with zero attached hydrogens (tertiary/aromatic N) is 1. The molecular weight excluding hydrogens is 256 g/mol. The molecule has 0 saturated heterocycles. The third-order valence-electron chi connectivity index (χ3n) is 3.06. The molecule has 0 aliphatic heterocycles. The van der Waals surface area contributed by atoms with Gasteiger partial charge < -0.3 is 10.6 Å². The zero-order valence-electron chi connectivity index (χ0n) is 11.0. The molecule has 0 fully saturated rings. The molecule has 1 heterocycles. The summed E-state index contributed by atoms with van der Waals surface area (Å²) >= 11 is 1.67. The monoisotopic (exact) mass is 274 g/mol. The summed E-state index contributed by atoms with van der Waals surface area (Å²) in [5, 5.41) is 2.03. The van der Waals surface area contributed by atoms with E-state index in [1.165, 1.54) is 4.88 Å². The number of nitrogen functional groups attached to an aromatic ring is 1. The van der Waals surface area contributed by atoms with E-state index in [-0.39, 0.29) is 5.91 Å². The van der Waals surface area contributed by atoms with E-state index in [0.717, 1.165) is 11.3 Å². The summed E-state index contributed by atoms with van der Waals surface area (Å²) in [7, 11) is 1.84. The lowest BCUT2D eigenvalue weighted by molar-refractivity contribution is -0.130. The first-order valence-corrected chi connectivity index (χ1v) is 7.14. The second kappa shape index (κ2) is 6.38. The van der Waals surface area contributed by atoms with Crippen LogP contribution in [-0.4, -0.2) is 17.9 Å². The van der Waals surface area contributed by atoms with Crippen LogP contribution in [0, 0.1) is 0 Å². The lowest BCUT2D eigenvalue weighted by Gasteiger charge is -2.16. The van der Waals surface area contributed by atoms with Gasteiger partial charge in [-0.1, -0.05) is 24.3 Å². The van der Waals surface area contributed by atoms with E-state index in [2.05, 4.69) is 0 Å². The smallest absolute Gasteiger partial charge is 0.222 e. The van der Waals surface area contributed by atoms with Crippen molar-refractivity contribution >= 4 is 22.9 Å². The molecule has 0 aliphatic carbocycles. The van der Waals surface area contributed by atoms with Gasteiger partial charge in [0, 0.05) is 24.0 Å². The zero-order valence-corrected chi connectivity index (χ0v) is 11.8. The van der Waals surface area contributed by atoms with Crippen LogP contribution in [0.25, 0.3) is 0 Å². The molecular formula is C15H18N2OS. The van der Waals surface area contributed by atoms with E-state index < -0.39 is 0 Å². The summed E-state index contributed by atoms with van der Waals surface area (Å²) in [6.07, 6.45) is 1.19. The van der Waals surface area contributed by atoms with Gasteiger partial charge in [-0.2, -0.15) is 0 Å². The molecule has 0 atom stereocenters. The molecule has 0 bridgehead atoms. The number of nitrogens with two attached hydrogens (primary N) is 1. The molecule has 0 radical (unpaired) electrons. The van der Waals surface area contributed by atoms with E-state index >= 15 is 0 Å². The van der Waals surface area contributed by atoms with E-state index in [4.69, 9.17) is 5.73 Å². The first-order valence-electron chi connectivity index (χ1n) is 6.26. The normalized spacial score (nSPS) is 10.4. The molecule has 19 heavy (non-hydrogen) atoms. The van der Waals surface area contributed by atoms with Crippen LogP contribution in [0.15, 0.2) is 41.8 Å². The highest BCUT2D eigenvalue weighted by Gasteiger charge is 2.10. The number of hydrogen-bond acceptors (Lipinski definition) is 3. The van der Waals surface area contributed by atoms with Crippen molar-refractivity contribution in [2.75, 3.05) is 12.8 Å². The number of benzene rings is 1. The Morgan fingerprint density at radius 3 is 2.74 bits per heavy atom. The molecule has 0 unspecified atom stereocenters. The molecule has 2 aromatic rings. The van der Waals surface area contributed by atoms with Crippen molar-refractivity contribution in [2.24, 2.45) is 0 Å². The maximum Gasteiger partial charge on any atom is 0.222 e. The fourth-order valence-corrected chi connectivity index (χ4v) is 2.68. The quantitative estimate of drug-likeness (QED) is 0.852. The lowest BCUT2D eigenvalue weighted by atomic mass is 10.1. The van der Waals surface area contributed by atoms with Crippen molar-refractivity contribution in [3.8, 4) is 0 Å². The van der Waals surface area contributed by atoms with E-state index in [9.17, 15) is 4.79 Å². The molecule has 100 valence electrons. The summed E-state index contributed by atoms with van der Waals surface area (Å²) < 4.78 is 0. The van der Waals surface area contributed by atoms with Crippen molar-refractivity contribution in [3.05, 3.63) is 52.2 Å². The highest BCUT2D eigenvalue weighted by atomic mass is 32.1. The summed E-state index contributed by atoms with van der Waals surface area (Å²) in [5.41, 5.74) is 7.67. The van der Waals surface area contributed by atoms with Crippen LogP contribution in [0.1, 0.15) is 16.9 Å². The third-order valence-corrected chi connectivity index (χ3v) is 3.92. The molecule has 0 aliphatic rings. The minimum Gasteiger partial charge on any atom is -0.399 e. The van der Waals surface area contributed by atoms with Crippen LogP contribution in [0.5, 0.6) is 0 Å². The Morgan fingerprint density at radius 2 is 2.05 bits per heavy atom. The number of rotatable bonds is 5. The molecule has 1 amide bonds. The first kappa shape index (κ1) is 13.6. The van der Waals surface area contributed by atoms with Crippen molar-refractivity contribution in [2.45, 2.75) is 19.4 Å². The average molecular weight is 274 g/mol. The Labute approximate surface area is 117 Å². The molecule has 1 aromatic heterocycles. The molecule has 0 spiro atoms. The predicted molar refractivity (Wildman–Crippen MR) is 80.0 cm³/mol. The Bertz CT molecular complexity index is 537. The van der Waals surface area contributed by atoms with E-state index in [1.807, 2.05) is 48.8 Å². The number of amides is 1. The van der Waals surface area contributed by atoms with Gasteiger partial charge in [-0.15, -0.1) is 11.3 Å². The number of thiophene rings is 1. The summed E-state index contributed by atoms with van der Waals surface area (Å²) in [6, 6.07) is 11.7. The number of aryl methyl sites for hydroxylation is 1. The van der Waals surface area contributed by atoms with Gasteiger partial charge in [0.25, 0.3) is 0 Å². The summed E-state index contributed by atoms with van der Waals surface area (Å²) in [6.45, 7) is 0.681. The molecule has 1 aromatic carbocycles. The number of carbonyl (C=O) groups is 1. The Kier molecular flexibility index (Phi) is 4.58. The molecule has 3 nitrogen and oxygen atoms in total. The summed E-state index contributed by atoms with van der Waals surface area (Å²) in [5.74, 6) is 0.150. The average Bonchev–Trinajstić information content (AvgIpc) is 2.90. The van der Waals surface area contributed by atoms with Crippen LogP contribution in [0.2, 0.25) is 0 Å². The van der Waals surface area contributed by atoms with Gasteiger partial charge in [0.2, 0.25) is 5.91 Å². The van der Waals surface area contributed by atoms with Crippen LogP contribution in [0.3, 0.4) is 0 Å². The minimum atomic E-state index is 0.150. The highest BCUT2D eigenvalue weighted by Crippen LogP contribution is 2.15. The Morgan fingerprint density at radius 1 is 1.26 bits per heavy atom. The second-order valence-electron chi connectivity index (χ2n) is 4.53. The van der Waals surface area contributed by atoms with Gasteiger partial charge in [0.05, 0.1) is 6.54 Å². The van der Waals surface area contributed by atoms with Crippen LogP contribution < -0.4 is 5.73 Å². The maximum absolute atomic E-state index is 12.0. The van der Waals surface area contributed by atoms with Gasteiger partial charge in [0.15, 0.2) is 0 Å². The number of anilines is 1. The Balaban J connectivity index is 1.86. The van der Waals surface area contributed by atoms with Crippen molar-refractivity contribution in [1.82, 2.24) is 4.90 Å². The standard InChI is InChI=1S/C15H18N2OS/c1-17(11-13-6-4-10-19-13)15(18)9-8-12-5-2-3-7-14(12)16/h2-7,10H,8-9,11,16H2,1H3. The maximum atomic E-state index is 12.0. The fraction of sp³-hybridized carbons (Fsp3) is 0.267. The zero-order chi connectivity index (χ0) is 13.7. The van der Waals surface area contributed by atoms with Gasteiger partial charge in [-0.3, -0.25) is 4.79 Å². The van der Waals surface area contributed by atoms with Crippen molar-refractivity contribution in [1.29, 1.82) is 0 Å². The lowest BCUT2D eigenvalue weighted by Crippen LogP contribution is -2.26. The number of carbonyl (C=O) groups excluding carboxylic acids is 1. The number of hydrogen-bond donors (Lipinski definition) is 1. The van der Waals surface area contributed by atoms with Gasteiger partial charge in [-0.05, 0) is 29.5 Å². The van der Waals surface area contributed by atoms with Crippen molar-refractivity contribution in [3.63, 3.8) is 0 Å². The highest BCUT2D eigenvalue weighted by molar-refractivity contribution is 7.09. The van der Waals surface area contributed by atoms with Gasteiger partial charge in [0.1, 0.15) is 0 Å². The van der Waals surface area contributed by atoms with Gasteiger partial charge >= 0.3 is 0 Å². The fourth-order valence-electron chi connectivity index (χ4n) is 1.92. The molecule has 0 saturated carbocycles. The largest absolute Gasteiger partial charge is 0.399 e. The van der Waals surface area contributed by atoms with E-state index in [1.54, 1.807) is 16.2 Å². The number of para-hydroxylation sites is 1. The van der Waals surface area contributed by atoms with Crippen molar-refractivity contribution < 1.29 is 4.79 Å². The topological polar surface area (TPSA) is 46.3 Å². The second-order valence-corrected chi connectivity index (χ2v) is 5.56.